The molecule has 0 fully saturated rings. The van der Waals surface area contributed by atoms with Crippen LogP contribution in [0, 0.1) is 6.92 Å². The highest BCUT2D eigenvalue weighted by Gasteiger charge is 2.12. The van der Waals surface area contributed by atoms with Crippen LogP contribution in [0.25, 0.3) is 0 Å². The van der Waals surface area contributed by atoms with Crippen molar-refractivity contribution in [2.75, 3.05) is 6.54 Å². The van der Waals surface area contributed by atoms with Gasteiger partial charge in [-0.1, -0.05) is 0 Å². The molecule has 4 N–H and O–H groups in total. The predicted molar refractivity (Wildman–Crippen MR) is 62.9 cm³/mol. The number of aromatic nitrogens is 2. The molecule has 0 unspecified atom stereocenters. The molecular formula is C11H20N4O. The molecule has 0 saturated heterocycles. The van der Waals surface area contributed by atoms with Crippen LogP contribution in [0.3, 0.4) is 0 Å². The maximum atomic E-state index is 11.5. The molecule has 1 heterocycles. The minimum atomic E-state index is -0.360. The van der Waals surface area contributed by atoms with E-state index >= 15 is 0 Å². The van der Waals surface area contributed by atoms with E-state index in [9.17, 15) is 4.79 Å². The van der Waals surface area contributed by atoms with Crippen molar-refractivity contribution in [1.29, 1.82) is 0 Å². The van der Waals surface area contributed by atoms with Gasteiger partial charge in [-0.05, 0) is 32.8 Å². The first-order chi connectivity index (χ1) is 7.38. The van der Waals surface area contributed by atoms with Gasteiger partial charge in [0.15, 0.2) is 0 Å². The number of hydrogen-bond donors (Lipinski definition) is 3. The topological polar surface area (TPSA) is 83.8 Å². The van der Waals surface area contributed by atoms with Gasteiger partial charge in [-0.25, -0.2) is 0 Å². The summed E-state index contributed by atoms with van der Waals surface area (Å²) < 4.78 is 0. The number of aromatic amines is 1. The second kappa shape index (κ2) is 5.12. The number of nitrogens with one attached hydrogen (secondary N) is 2. The summed E-state index contributed by atoms with van der Waals surface area (Å²) in [6, 6.07) is 0. The van der Waals surface area contributed by atoms with Gasteiger partial charge in [0.25, 0.3) is 0 Å². The van der Waals surface area contributed by atoms with Gasteiger partial charge in [-0.2, -0.15) is 5.10 Å². The molecule has 1 aromatic heterocycles. The van der Waals surface area contributed by atoms with Crippen molar-refractivity contribution >= 4 is 5.91 Å². The van der Waals surface area contributed by atoms with E-state index in [0.29, 0.717) is 19.4 Å². The molecule has 1 aromatic rings. The Balaban J connectivity index is 2.29. The summed E-state index contributed by atoms with van der Waals surface area (Å²) in [5, 5.41) is 9.57. The lowest BCUT2D eigenvalue weighted by Gasteiger charge is -2.18. The number of amides is 1. The fraction of sp³-hybridized carbons (Fsp3) is 0.636. The first kappa shape index (κ1) is 12.7. The van der Waals surface area contributed by atoms with Crippen molar-refractivity contribution in [2.24, 2.45) is 5.73 Å². The van der Waals surface area contributed by atoms with E-state index in [1.54, 1.807) is 6.20 Å². The smallest absolute Gasteiger partial charge is 0.220 e. The van der Waals surface area contributed by atoms with E-state index in [2.05, 4.69) is 15.5 Å². The molecule has 0 radical (unpaired) electrons. The normalized spacial score (nSPS) is 11.5. The zero-order valence-corrected chi connectivity index (χ0v) is 10.1. The van der Waals surface area contributed by atoms with E-state index in [1.165, 1.54) is 0 Å². The number of hydrogen-bond acceptors (Lipinski definition) is 3. The summed E-state index contributed by atoms with van der Waals surface area (Å²) in [7, 11) is 0. The molecule has 0 aliphatic rings. The van der Waals surface area contributed by atoms with Crippen LogP contribution in [0.4, 0.5) is 0 Å². The van der Waals surface area contributed by atoms with E-state index in [0.717, 1.165) is 11.3 Å². The highest BCUT2D eigenvalue weighted by atomic mass is 16.1. The lowest BCUT2D eigenvalue weighted by Crippen LogP contribution is -2.45. The fourth-order valence-corrected chi connectivity index (χ4v) is 1.29. The quantitative estimate of drug-likeness (QED) is 0.681. The standard InChI is InChI=1S/C11H20N4O/c1-8-9(6-14-15-8)4-5-10(16)13-7-11(2,3)12/h6H,4-5,7,12H2,1-3H3,(H,13,16)(H,14,15). The number of rotatable bonds is 5. The third kappa shape index (κ3) is 4.44. The summed E-state index contributed by atoms with van der Waals surface area (Å²) in [6.07, 6.45) is 2.94. The minimum absolute atomic E-state index is 0.0270. The number of H-pyrrole nitrogens is 1. The van der Waals surface area contributed by atoms with Crippen LogP contribution in [0.5, 0.6) is 0 Å². The molecule has 0 bridgehead atoms. The van der Waals surface area contributed by atoms with E-state index in [-0.39, 0.29) is 11.4 Å². The highest BCUT2D eigenvalue weighted by Crippen LogP contribution is 2.05. The van der Waals surface area contributed by atoms with E-state index in [1.807, 2.05) is 20.8 Å². The third-order valence-corrected chi connectivity index (χ3v) is 2.30. The molecule has 0 aromatic carbocycles. The van der Waals surface area contributed by atoms with Crippen LogP contribution in [-0.4, -0.2) is 28.2 Å². The third-order valence-electron chi connectivity index (χ3n) is 2.30. The van der Waals surface area contributed by atoms with Crippen LogP contribution in [-0.2, 0) is 11.2 Å². The molecule has 16 heavy (non-hydrogen) atoms. The summed E-state index contributed by atoms with van der Waals surface area (Å²) >= 11 is 0. The number of aryl methyl sites for hydroxylation is 2. The van der Waals surface area contributed by atoms with Gasteiger partial charge in [-0.3, -0.25) is 9.89 Å². The van der Waals surface area contributed by atoms with Gasteiger partial charge in [-0.15, -0.1) is 0 Å². The first-order valence-corrected chi connectivity index (χ1v) is 5.43. The molecule has 1 amide bonds. The Morgan fingerprint density at radius 1 is 1.62 bits per heavy atom. The number of carbonyl (C=O) groups excluding carboxylic acids is 1. The Labute approximate surface area is 95.8 Å². The molecule has 0 aliphatic carbocycles. The molecule has 1 rings (SSSR count). The highest BCUT2D eigenvalue weighted by molar-refractivity contribution is 5.76. The van der Waals surface area contributed by atoms with Crippen molar-refractivity contribution in [3.63, 3.8) is 0 Å². The molecule has 5 nitrogen and oxygen atoms in total. The molecule has 5 heteroatoms. The van der Waals surface area contributed by atoms with Crippen LogP contribution >= 0.6 is 0 Å². The predicted octanol–water partition coefficient (Wildman–Crippen LogP) is 0.504. The summed E-state index contributed by atoms with van der Waals surface area (Å²) in [4.78, 5) is 11.5. The zero-order chi connectivity index (χ0) is 12.2. The average molecular weight is 224 g/mol. The molecule has 0 aliphatic heterocycles. The van der Waals surface area contributed by atoms with Crippen molar-refractivity contribution in [3.8, 4) is 0 Å². The minimum Gasteiger partial charge on any atom is -0.354 e. The second-order valence-electron chi connectivity index (χ2n) is 4.79. The number of nitrogens with zero attached hydrogens (tertiary/aromatic N) is 1. The van der Waals surface area contributed by atoms with Crippen molar-refractivity contribution in [1.82, 2.24) is 15.5 Å². The molecular weight excluding hydrogens is 204 g/mol. The van der Waals surface area contributed by atoms with Crippen LogP contribution in [0.2, 0.25) is 0 Å². The maximum absolute atomic E-state index is 11.5. The zero-order valence-electron chi connectivity index (χ0n) is 10.1. The van der Waals surface area contributed by atoms with Gasteiger partial charge in [0, 0.05) is 24.2 Å². The van der Waals surface area contributed by atoms with Gasteiger partial charge in [0.1, 0.15) is 0 Å². The van der Waals surface area contributed by atoms with Crippen LogP contribution < -0.4 is 11.1 Å². The molecule has 90 valence electrons. The monoisotopic (exact) mass is 224 g/mol. The van der Waals surface area contributed by atoms with Gasteiger partial charge >= 0.3 is 0 Å². The van der Waals surface area contributed by atoms with E-state index < -0.39 is 0 Å². The Bertz CT molecular complexity index is 351. The van der Waals surface area contributed by atoms with Crippen molar-refractivity contribution in [3.05, 3.63) is 17.5 Å². The Hall–Kier alpha value is -1.36. The Morgan fingerprint density at radius 2 is 2.31 bits per heavy atom. The Kier molecular flexibility index (Phi) is 4.06. The van der Waals surface area contributed by atoms with Crippen molar-refractivity contribution < 1.29 is 4.79 Å². The van der Waals surface area contributed by atoms with Gasteiger partial charge in [0.2, 0.25) is 5.91 Å². The lowest BCUT2D eigenvalue weighted by atomic mass is 10.1. The summed E-state index contributed by atoms with van der Waals surface area (Å²) in [6.45, 7) is 6.21. The summed E-state index contributed by atoms with van der Waals surface area (Å²) in [5.74, 6) is 0.0270. The largest absolute Gasteiger partial charge is 0.354 e. The Morgan fingerprint density at radius 3 is 2.81 bits per heavy atom. The van der Waals surface area contributed by atoms with E-state index in [4.69, 9.17) is 5.73 Å². The summed E-state index contributed by atoms with van der Waals surface area (Å²) in [5.41, 5.74) is 7.51. The SMILES string of the molecule is Cc1[nH]ncc1CCC(=O)NCC(C)(C)N. The van der Waals surface area contributed by atoms with Crippen LogP contribution in [0.15, 0.2) is 6.20 Å². The van der Waals surface area contributed by atoms with Crippen molar-refractivity contribution in [2.45, 2.75) is 39.2 Å². The van der Waals surface area contributed by atoms with Crippen LogP contribution in [0.1, 0.15) is 31.5 Å². The first-order valence-electron chi connectivity index (χ1n) is 5.43. The molecule has 0 atom stereocenters. The molecule has 0 saturated carbocycles. The van der Waals surface area contributed by atoms with Gasteiger partial charge < -0.3 is 11.1 Å². The number of nitrogens with two attached hydrogens (primary N) is 1. The average Bonchev–Trinajstić information content (AvgIpc) is 2.57. The maximum Gasteiger partial charge on any atom is 0.220 e. The second-order valence-corrected chi connectivity index (χ2v) is 4.79. The fourth-order valence-electron chi connectivity index (χ4n) is 1.29. The molecule has 0 spiro atoms. The lowest BCUT2D eigenvalue weighted by molar-refractivity contribution is -0.121. The number of carbonyl (C=O) groups is 1. The van der Waals surface area contributed by atoms with Gasteiger partial charge in [0.05, 0.1) is 6.20 Å².